The van der Waals surface area contributed by atoms with Crippen molar-refractivity contribution in [3.63, 3.8) is 0 Å². The summed E-state index contributed by atoms with van der Waals surface area (Å²) in [6.45, 7) is 4.00. The Balaban J connectivity index is 0.000000921. The van der Waals surface area contributed by atoms with Crippen LogP contribution in [0.4, 0.5) is 0 Å². The molecule has 0 fully saturated rings. The number of primary sulfonamides is 1. The molecule has 1 rings (SSSR count). The molecule has 0 spiro atoms. The van der Waals surface area contributed by atoms with Crippen molar-refractivity contribution in [3.05, 3.63) is 17.0 Å². The lowest BCUT2D eigenvalue weighted by atomic mass is 10.2. The first-order valence-corrected chi connectivity index (χ1v) is 7.85. The summed E-state index contributed by atoms with van der Waals surface area (Å²) in [5.41, 5.74) is 0.351. The zero-order valence-electron chi connectivity index (χ0n) is 8.47. The standard InChI is InChI=1S/C6H8BrNO3S2.C2H6/c7-3-5(9)4-1-2-12-6(4)13(8,10)11;1-2/h1-2,5,9H,3H2,(H2,8,10,11);1-2H3. The van der Waals surface area contributed by atoms with E-state index in [1.165, 1.54) is 0 Å². The average molecular weight is 316 g/mol. The number of nitrogens with two attached hydrogens (primary N) is 1. The van der Waals surface area contributed by atoms with E-state index >= 15 is 0 Å². The first-order chi connectivity index (χ1) is 6.96. The maximum Gasteiger partial charge on any atom is 0.247 e. The fourth-order valence-corrected chi connectivity index (χ4v) is 3.13. The number of rotatable bonds is 3. The highest BCUT2D eigenvalue weighted by molar-refractivity contribution is 9.09. The quantitative estimate of drug-likeness (QED) is 0.835. The van der Waals surface area contributed by atoms with Crippen LogP contribution in [0.3, 0.4) is 0 Å². The lowest BCUT2D eigenvalue weighted by Gasteiger charge is -2.06. The van der Waals surface area contributed by atoms with Gasteiger partial charge in [0.2, 0.25) is 10.0 Å². The Morgan fingerprint density at radius 1 is 1.60 bits per heavy atom. The minimum Gasteiger partial charge on any atom is -0.387 e. The van der Waals surface area contributed by atoms with Crippen LogP contribution in [-0.4, -0.2) is 18.9 Å². The molecule has 4 nitrogen and oxygen atoms in total. The van der Waals surface area contributed by atoms with Crippen LogP contribution in [0.5, 0.6) is 0 Å². The Kier molecular flexibility index (Phi) is 6.62. The summed E-state index contributed by atoms with van der Waals surface area (Å²) in [6.07, 6.45) is -0.834. The van der Waals surface area contributed by atoms with Gasteiger partial charge in [-0.1, -0.05) is 29.8 Å². The van der Waals surface area contributed by atoms with Crippen molar-refractivity contribution in [1.82, 2.24) is 0 Å². The third kappa shape index (κ3) is 4.20. The van der Waals surface area contributed by atoms with E-state index < -0.39 is 16.1 Å². The SMILES string of the molecule is CC.NS(=O)(=O)c1sccc1C(O)CBr. The zero-order valence-corrected chi connectivity index (χ0v) is 11.7. The molecule has 0 saturated heterocycles. The molecule has 0 amide bonds. The monoisotopic (exact) mass is 315 g/mol. The molecule has 1 aromatic rings. The van der Waals surface area contributed by atoms with Gasteiger partial charge in [0.1, 0.15) is 4.21 Å². The van der Waals surface area contributed by atoms with Crippen molar-refractivity contribution >= 4 is 37.3 Å². The molecule has 0 aromatic carbocycles. The Morgan fingerprint density at radius 3 is 2.53 bits per heavy atom. The molecule has 0 aliphatic rings. The van der Waals surface area contributed by atoms with E-state index in [1.807, 2.05) is 13.8 Å². The molecule has 0 saturated carbocycles. The van der Waals surface area contributed by atoms with Crippen molar-refractivity contribution in [3.8, 4) is 0 Å². The van der Waals surface area contributed by atoms with Crippen molar-refractivity contribution in [2.75, 3.05) is 5.33 Å². The molecule has 1 atom stereocenters. The summed E-state index contributed by atoms with van der Waals surface area (Å²) in [5.74, 6) is 0. The Labute approximate surface area is 102 Å². The van der Waals surface area contributed by atoms with Gasteiger partial charge in [-0.3, -0.25) is 0 Å². The highest BCUT2D eigenvalue weighted by Gasteiger charge is 2.20. The second-order valence-electron chi connectivity index (χ2n) is 2.38. The fourth-order valence-electron chi connectivity index (χ4n) is 0.867. The van der Waals surface area contributed by atoms with Crippen LogP contribution in [-0.2, 0) is 10.0 Å². The fraction of sp³-hybridized carbons (Fsp3) is 0.500. The van der Waals surface area contributed by atoms with Gasteiger partial charge < -0.3 is 5.11 Å². The number of aliphatic hydroxyl groups excluding tert-OH is 1. The van der Waals surface area contributed by atoms with Crippen LogP contribution in [0, 0.1) is 0 Å². The number of aliphatic hydroxyl groups is 1. The maximum atomic E-state index is 11.0. The predicted molar refractivity (Wildman–Crippen MR) is 65.8 cm³/mol. The van der Waals surface area contributed by atoms with Crippen molar-refractivity contribution in [2.45, 2.75) is 24.2 Å². The molecule has 1 aromatic heterocycles. The molecule has 88 valence electrons. The third-order valence-corrected chi connectivity index (χ3v) is 4.50. The number of hydrogen-bond donors (Lipinski definition) is 2. The van der Waals surface area contributed by atoms with Crippen LogP contribution in [0.1, 0.15) is 25.5 Å². The summed E-state index contributed by atoms with van der Waals surface area (Å²) >= 11 is 4.06. The van der Waals surface area contributed by atoms with E-state index in [9.17, 15) is 13.5 Å². The summed E-state index contributed by atoms with van der Waals surface area (Å²) in [6, 6.07) is 1.55. The highest BCUT2D eigenvalue weighted by Crippen LogP contribution is 2.27. The van der Waals surface area contributed by atoms with E-state index in [2.05, 4.69) is 15.9 Å². The molecule has 0 aliphatic carbocycles. The maximum absolute atomic E-state index is 11.0. The molecule has 7 heteroatoms. The summed E-state index contributed by atoms with van der Waals surface area (Å²) in [7, 11) is -3.71. The smallest absolute Gasteiger partial charge is 0.247 e. The van der Waals surface area contributed by atoms with E-state index in [0.717, 1.165) is 11.3 Å². The van der Waals surface area contributed by atoms with Crippen LogP contribution in [0.15, 0.2) is 15.7 Å². The number of hydrogen-bond acceptors (Lipinski definition) is 4. The van der Waals surface area contributed by atoms with E-state index in [4.69, 9.17) is 5.14 Å². The molecule has 0 aliphatic heterocycles. The zero-order chi connectivity index (χ0) is 12.1. The molecule has 1 unspecified atom stereocenters. The van der Waals surface area contributed by atoms with Crippen LogP contribution < -0.4 is 5.14 Å². The van der Waals surface area contributed by atoms with Gasteiger partial charge in [-0.25, -0.2) is 13.6 Å². The summed E-state index contributed by atoms with van der Waals surface area (Å²) in [4.78, 5) is 0. The minimum absolute atomic E-state index is 0.0273. The number of thiophene rings is 1. The lowest BCUT2D eigenvalue weighted by Crippen LogP contribution is -2.14. The first kappa shape index (κ1) is 15.0. The third-order valence-electron chi connectivity index (χ3n) is 1.42. The molecule has 1 heterocycles. The first-order valence-electron chi connectivity index (χ1n) is 4.31. The van der Waals surface area contributed by atoms with Crippen molar-refractivity contribution < 1.29 is 13.5 Å². The molecule has 0 radical (unpaired) electrons. The Bertz CT molecular complexity index is 388. The molecule has 15 heavy (non-hydrogen) atoms. The molecular weight excluding hydrogens is 302 g/mol. The topological polar surface area (TPSA) is 80.4 Å². The van der Waals surface area contributed by atoms with E-state index in [-0.39, 0.29) is 9.54 Å². The van der Waals surface area contributed by atoms with E-state index in [0.29, 0.717) is 5.56 Å². The van der Waals surface area contributed by atoms with Gasteiger partial charge in [0, 0.05) is 10.9 Å². The van der Waals surface area contributed by atoms with Crippen molar-refractivity contribution in [2.24, 2.45) is 5.14 Å². The van der Waals surface area contributed by atoms with Gasteiger partial charge >= 0.3 is 0 Å². The van der Waals surface area contributed by atoms with Crippen LogP contribution in [0.25, 0.3) is 0 Å². The molecule has 0 bridgehead atoms. The largest absolute Gasteiger partial charge is 0.387 e. The van der Waals surface area contributed by atoms with Gasteiger partial charge in [0.15, 0.2) is 0 Å². The summed E-state index contributed by atoms with van der Waals surface area (Å²) in [5, 5.41) is 16.2. The van der Waals surface area contributed by atoms with Gasteiger partial charge in [-0.15, -0.1) is 11.3 Å². The minimum atomic E-state index is -3.71. The second-order valence-corrected chi connectivity index (χ2v) is 5.70. The second kappa shape index (κ2) is 6.59. The van der Waals surface area contributed by atoms with Gasteiger partial charge in [-0.2, -0.15) is 0 Å². The van der Waals surface area contributed by atoms with Gasteiger partial charge in [0.25, 0.3) is 0 Å². The molecular formula is C8H14BrNO3S2. The number of alkyl halides is 1. The van der Waals surface area contributed by atoms with Crippen LogP contribution in [0.2, 0.25) is 0 Å². The normalized spacial score (nSPS) is 12.9. The average Bonchev–Trinajstić information content (AvgIpc) is 2.67. The van der Waals surface area contributed by atoms with Gasteiger partial charge in [0.05, 0.1) is 6.10 Å². The van der Waals surface area contributed by atoms with Crippen LogP contribution >= 0.6 is 27.3 Å². The Hall–Kier alpha value is 0.0500. The van der Waals surface area contributed by atoms with Gasteiger partial charge in [-0.05, 0) is 11.4 Å². The predicted octanol–water partition coefficient (Wildman–Crippen LogP) is 1.85. The molecule has 3 N–H and O–H groups in total. The highest BCUT2D eigenvalue weighted by atomic mass is 79.9. The summed E-state index contributed by atoms with van der Waals surface area (Å²) < 4.78 is 22.0. The Morgan fingerprint density at radius 2 is 2.13 bits per heavy atom. The number of sulfonamides is 1. The lowest BCUT2D eigenvalue weighted by molar-refractivity contribution is 0.203. The van der Waals surface area contributed by atoms with Crippen molar-refractivity contribution in [1.29, 1.82) is 0 Å². The number of halogens is 1. The van der Waals surface area contributed by atoms with E-state index in [1.54, 1.807) is 11.4 Å².